The number of carbonyl (C=O) groups is 1. The molecule has 3 rings (SSSR count). The van der Waals surface area contributed by atoms with E-state index < -0.39 is 11.6 Å². The maximum absolute atomic E-state index is 13.6. The minimum atomic E-state index is -0.460. The molecule has 2 fully saturated rings. The van der Waals surface area contributed by atoms with Gasteiger partial charge in [-0.15, -0.1) is 0 Å². The monoisotopic (exact) mass is 294 g/mol. The molecule has 0 aromatic heterocycles. The number of nitrogens with zero attached hydrogens (tertiary/aromatic N) is 1. The van der Waals surface area contributed by atoms with E-state index >= 15 is 0 Å². The van der Waals surface area contributed by atoms with Gasteiger partial charge < -0.3 is 10.2 Å². The van der Waals surface area contributed by atoms with E-state index in [1.807, 2.05) is 4.90 Å². The predicted octanol–water partition coefficient (Wildman–Crippen LogP) is 2.25. The molecule has 0 radical (unpaired) electrons. The van der Waals surface area contributed by atoms with Crippen LogP contribution in [0.5, 0.6) is 0 Å². The fraction of sp³-hybridized carbons (Fsp3) is 0.562. The third-order valence-corrected chi connectivity index (χ3v) is 4.56. The van der Waals surface area contributed by atoms with Gasteiger partial charge in [0.1, 0.15) is 11.6 Å². The normalized spacial score (nSPS) is 25.0. The number of halogens is 2. The summed E-state index contributed by atoms with van der Waals surface area (Å²) in [6.07, 6.45) is 3.58. The molecular weight excluding hydrogens is 274 g/mol. The maximum Gasteiger partial charge on any atom is 0.223 e. The van der Waals surface area contributed by atoms with Gasteiger partial charge in [-0.1, -0.05) is 0 Å². The van der Waals surface area contributed by atoms with E-state index in [2.05, 4.69) is 5.32 Å². The molecule has 114 valence electrons. The van der Waals surface area contributed by atoms with Crippen LogP contribution in [0.3, 0.4) is 0 Å². The van der Waals surface area contributed by atoms with Gasteiger partial charge >= 0.3 is 0 Å². The summed E-state index contributed by atoms with van der Waals surface area (Å²) >= 11 is 0. The second kappa shape index (κ2) is 6.10. The second-order valence-electron chi connectivity index (χ2n) is 5.91. The van der Waals surface area contributed by atoms with Crippen LogP contribution >= 0.6 is 0 Å². The molecule has 2 aliphatic heterocycles. The quantitative estimate of drug-likeness (QED) is 0.927. The number of nitrogens with one attached hydrogen (secondary N) is 1. The van der Waals surface area contributed by atoms with Crippen molar-refractivity contribution in [2.75, 3.05) is 13.1 Å². The maximum atomic E-state index is 13.6. The Kier molecular flexibility index (Phi) is 4.19. The van der Waals surface area contributed by atoms with E-state index in [-0.39, 0.29) is 30.4 Å². The Morgan fingerprint density at radius 3 is 2.90 bits per heavy atom. The summed E-state index contributed by atoms with van der Waals surface area (Å²) in [4.78, 5) is 14.4. The number of aryl methyl sites for hydroxylation is 1. The van der Waals surface area contributed by atoms with Gasteiger partial charge in [0, 0.05) is 25.0 Å². The number of hydrogen-bond donors (Lipinski definition) is 1. The van der Waals surface area contributed by atoms with Crippen LogP contribution < -0.4 is 5.32 Å². The van der Waals surface area contributed by atoms with Crippen molar-refractivity contribution in [2.24, 2.45) is 0 Å². The van der Waals surface area contributed by atoms with Gasteiger partial charge in [-0.3, -0.25) is 4.79 Å². The average molecular weight is 294 g/mol. The van der Waals surface area contributed by atoms with Crippen molar-refractivity contribution in [3.8, 4) is 0 Å². The Morgan fingerprint density at radius 1 is 1.24 bits per heavy atom. The molecule has 2 heterocycles. The first-order chi connectivity index (χ1) is 10.1. The lowest BCUT2D eigenvalue weighted by Gasteiger charge is -2.28. The topological polar surface area (TPSA) is 32.3 Å². The molecule has 0 spiro atoms. The molecule has 2 unspecified atom stereocenters. The van der Waals surface area contributed by atoms with Gasteiger partial charge in [0.25, 0.3) is 0 Å². The Labute approximate surface area is 123 Å². The fourth-order valence-corrected chi connectivity index (χ4v) is 3.50. The summed E-state index contributed by atoms with van der Waals surface area (Å²) < 4.78 is 26.7. The Morgan fingerprint density at radius 2 is 2.05 bits per heavy atom. The van der Waals surface area contributed by atoms with Gasteiger partial charge in [-0.05, 0) is 56.0 Å². The van der Waals surface area contributed by atoms with Crippen molar-refractivity contribution < 1.29 is 13.6 Å². The molecular formula is C16H20F2N2O. The molecule has 21 heavy (non-hydrogen) atoms. The number of amides is 1. The third kappa shape index (κ3) is 3.07. The van der Waals surface area contributed by atoms with Gasteiger partial charge in [0.15, 0.2) is 0 Å². The molecule has 5 heteroatoms. The molecule has 0 saturated carbocycles. The smallest absolute Gasteiger partial charge is 0.223 e. The van der Waals surface area contributed by atoms with Crippen molar-refractivity contribution in [1.82, 2.24) is 10.2 Å². The van der Waals surface area contributed by atoms with E-state index in [1.54, 1.807) is 0 Å². The summed E-state index contributed by atoms with van der Waals surface area (Å²) in [5.74, 6) is -0.836. The SMILES string of the molecule is O=C(CCc1cc(F)ccc1F)N1C2CCNCC1CC2. The molecule has 2 saturated heterocycles. The molecule has 0 aliphatic carbocycles. The summed E-state index contributed by atoms with van der Waals surface area (Å²) in [6, 6.07) is 3.98. The zero-order valence-electron chi connectivity index (χ0n) is 11.9. The van der Waals surface area contributed by atoms with Crippen molar-refractivity contribution in [1.29, 1.82) is 0 Å². The highest BCUT2D eigenvalue weighted by molar-refractivity contribution is 5.77. The van der Waals surface area contributed by atoms with Crippen LogP contribution in [0, 0.1) is 11.6 Å². The first kappa shape index (κ1) is 14.4. The Balaban J connectivity index is 1.65. The predicted molar refractivity (Wildman–Crippen MR) is 75.8 cm³/mol. The van der Waals surface area contributed by atoms with Crippen LogP contribution in [0.1, 0.15) is 31.2 Å². The Bertz CT molecular complexity index is 521. The van der Waals surface area contributed by atoms with Crippen molar-refractivity contribution in [3.05, 3.63) is 35.4 Å². The zero-order chi connectivity index (χ0) is 14.8. The lowest BCUT2D eigenvalue weighted by atomic mass is 10.1. The largest absolute Gasteiger partial charge is 0.335 e. The van der Waals surface area contributed by atoms with Crippen LogP contribution in [-0.2, 0) is 11.2 Å². The zero-order valence-corrected chi connectivity index (χ0v) is 11.9. The van der Waals surface area contributed by atoms with Crippen LogP contribution in [0.2, 0.25) is 0 Å². The van der Waals surface area contributed by atoms with Gasteiger partial charge in [-0.2, -0.15) is 0 Å². The minimum absolute atomic E-state index is 0.0647. The molecule has 2 bridgehead atoms. The lowest BCUT2D eigenvalue weighted by molar-refractivity contribution is -0.133. The van der Waals surface area contributed by atoms with E-state index in [1.165, 1.54) is 6.07 Å². The first-order valence-corrected chi connectivity index (χ1v) is 7.61. The second-order valence-corrected chi connectivity index (χ2v) is 5.91. The van der Waals surface area contributed by atoms with E-state index in [0.29, 0.717) is 6.04 Å². The van der Waals surface area contributed by atoms with Crippen LogP contribution in [0.4, 0.5) is 8.78 Å². The van der Waals surface area contributed by atoms with Gasteiger partial charge in [0.05, 0.1) is 0 Å². The van der Waals surface area contributed by atoms with Gasteiger partial charge in [-0.25, -0.2) is 8.78 Å². The minimum Gasteiger partial charge on any atom is -0.335 e. The standard InChI is InChI=1S/C16H20F2N2O/c17-12-2-5-15(18)11(9-12)1-6-16(21)20-13-3-4-14(20)10-19-8-7-13/h2,5,9,13-14,19H,1,3-4,6-8,10H2. The van der Waals surface area contributed by atoms with E-state index in [9.17, 15) is 13.6 Å². The number of hydrogen-bond acceptors (Lipinski definition) is 2. The number of benzene rings is 1. The van der Waals surface area contributed by atoms with E-state index in [4.69, 9.17) is 0 Å². The van der Waals surface area contributed by atoms with Crippen molar-refractivity contribution in [3.63, 3.8) is 0 Å². The molecule has 1 aromatic rings. The summed E-state index contributed by atoms with van der Waals surface area (Å²) in [5, 5.41) is 3.35. The average Bonchev–Trinajstić information content (AvgIpc) is 2.73. The summed E-state index contributed by atoms with van der Waals surface area (Å²) in [5.41, 5.74) is 0.281. The molecule has 2 atom stereocenters. The van der Waals surface area contributed by atoms with Crippen molar-refractivity contribution in [2.45, 2.75) is 44.2 Å². The molecule has 1 amide bonds. The van der Waals surface area contributed by atoms with Crippen LogP contribution in [-0.4, -0.2) is 36.0 Å². The summed E-state index contributed by atoms with van der Waals surface area (Å²) in [7, 11) is 0. The highest BCUT2D eigenvalue weighted by Crippen LogP contribution is 2.28. The van der Waals surface area contributed by atoms with Crippen LogP contribution in [0.15, 0.2) is 18.2 Å². The number of rotatable bonds is 3. The van der Waals surface area contributed by atoms with E-state index in [0.717, 1.165) is 44.5 Å². The highest BCUT2D eigenvalue weighted by atomic mass is 19.1. The van der Waals surface area contributed by atoms with Crippen LogP contribution in [0.25, 0.3) is 0 Å². The molecule has 1 N–H and O–H groups in total. The number of carbonyl (C=O) groups excluding carboxylic acids is 1. The van der Waals surface area contributed by atoms with Crippen molar-refractivity contribution >= 4 is 5.91 Å². The summed E-state index contributed by atoms with van der Waals surface area (Å²) in [6.45, 7) is 1.79. The molecule has 3 nitrogen and oxygen atoms in total. The molecule has 1 aromatic carbocycles. The molecule has 2 aliphatic rings. The van der Waals surface area contributed by atoms with Gasteiger partial charge in [0.2, 0.25) is 5.91 Å². The first-order valence-electron chi connectivity index (χ1n) is 7.61. The number of fused-ring (bicyclic) bond motifs is 2. The lowest BCUT2D eigenvalue weighted by Crippen LogP contribution is -2.42. The fourth-order valence-electron chi connectivity index (χ4n) is 3.50. The Hall–Kier alpha value is -1.49. The third-order valence-electron chi connectivity index (χ3n) is 4.56. The highest BCUT2D eigenvalue weighted by Gasteiger charge is 2.37.